The van der Waals surface area contributed by atoms with Crippen LogP contribution < -0.4 is 15.4 Å². The highest BCUT2D eigenvalue weighted by atomic mass is 32.2. The van der Waals surface area contributed by atoms with E-state index in [2.05, 4.69) is 34.5 Å². The summed E-state index contributed by atoms with van der Waals surface area (Å²) in [5.41, 5.74) is 1.97. The van der Waals surface area contributed by atoms with Crippen LogP contribution in [0.5, 0.6) is 0 Å². The first-order valence-corrected chi connectivity index (χ1v) is 11.1. The lowest BCUT2D eigenvalue weighted by Crippen LogP contribution is -3.14. The van der Waals surface area contributed by atoms with Gasteiger partial charge in [0.05, 0.1) is 37.6 Å². The van der Waals surface area contributed by atoms with Crippen LogP contribution in [0.1, 0.15) is 5.56 Å². The van der Waals surface area contributed by atoms with Crippen molar-refractivity contribution in [1.29, 1.82) is 0 Å². The van der Waals surface area contributed by atoms with Gasteiger partial charge in [0.25, 0.3) is 0 Å². The van der Waals surface area contributed by atoms with Crippen LogP contribution in [0.15, 0.2) is 65.6 Å². The molecule has 0 spiro atoms. The van der Waals surface area contributed by atoms with Crippen LogP contribution in [0, 0.1) is 0 Å². The van der Waals surface area contributed by atoms with Gasteiger partial charge in [-0.3, -0.25) is 0 Å². The number of benzene rings is 2. The van der Waals surface area contributed by atoms with E-state index in [0.29, 0.717) is 5.11 Å². The molecule has 4 N–H and O–H groups in total. The van der Waals surface area contributed by atoms with E-state index in [4.69, 9.17) is 17.4 Å². The normalized spacial score (nSPS) is 15.7. The third kappa shape index (κ3) is 5.87. The Bertz CT molecular complexity index is 920. The van der Waals surface area contributed by atoms with E-state index in [1.807, 2.05) is 18.2 Å². The van der Waals surface area contributed by atoms with E-state index in [9.17, 15) is 8.42 Å². The first-order chi connectivity index (χ1) is 13.4. The molecule has 2 aromatic carbocycles. The maximum atomic E-state index is 11.3. The van der Waals surface area contributed by atoms with Crippen molar-refractivity contribution in [2.75, 3.05) is 38.0 Å². The quantitative estimate of drug-likeness (QED) is 0.631. The van der Waals surface area contributed by atoms with Crippen LogP contribution >= 0.6 is 12.2 Å². The van der Waals surface area contributed by atoms with Gasteiger partial charge >= 0.3 is 0 Å². The fourth-order valence-corrected chi connectivity index (χ4v) is 3.90. The van der Waals surface area contributed by atoms with Gasteiger partial charge in [0.1, 0.15) is 0 Å². The molecule has 0 atom stereocenters. The summed E-state index contributed by atoms with van der Waals surface area (Å²) in [6.45, 7) is 4.81. The topological polar surface area (TPSA) is 79.9 Å². The minimum Gasteiger partial charge on any atom is -0.338 e. The van der Waals surface area contributed by atoms with Crippen LogP contribution in [-0.2, 0) is 10.0 Å². The lowest BCUT2D eigenvalue weighted by molar-refractivity contribution is -0.897. The summed E-state index contributed by atoms with van der Waals surface area (Å²) in [5.74, 6) is 0. The number of nitrogens with two attached hydrogens (primary N) is 1. The maximum Gasteiger partial charge on any atom is 0.238 e. The zero-order valence-electron chi connectivity index (χ0n) is 15.5. The molecule has 0 amide bonds. The number of piperazine rings is 1. The summed E-state index contributed by atoms with van der Waals surface area (Å²) >= 11 is 5.50. The lowest BCUT2D eigenvalue weighted by Gasteiger charge is -2.33. The summed E-state index contributed by atoms with van der Waals surface area (Å²) in [6, 6.07) is 16.6. The van der Waals surface area contributed by atoms with E-state index in [0.717, 1.165) is 38.4 Å². The minimum absolute atomic E-state index is 0.0877. The molecule has 1 heterocycles. The number of nitrogens with one attached hydrogen (secondary N) is 2. The second-order valence-corrected chi connectivity index (χ2v) is 8.70. The molecule has 0 saturated carbocycles. The zero-order chi connectivity index (χ0) is 20.0. The van der Waals surface area contributed by atoms with Crippen LogP contribution in [0.2, 0.25) is 0 Å². The summed E-state index contributed by atoms with van der Waals surface area (Å²) < 4.78 is 22.6. The highest BCUT2D eigenvalue weighted by Crippen LogP contribution is 2.13. The van der Waals surface area contributed by atoms with Gasteiger partial charge in [0.2, 0.25) is 10.0 Å². The molecule has 1 aliphatic heterocycles. The SMILES string of the molecule is NS(=O)(=O)c1ccc(NC(=S)N2CC[NH+](C/C=C/c3ccccc3)CC2)cc1. The van der Waals surface area contributed by atoms with Gasteiger partial charge in [-0.05, 0) is 48.1 Å². The first-order valence-electron chi connectivity index (χ1n) is 9.16. The molecule has 0 aliphatic carbocycles. The third-order valence-electron chi connectivity index (χ3n) is 4.71. The molecule has 1 aliphatic rings. The van der Waals surface area contributed by atoms with E-state index >= 15 is 0 Å². The summed E-state index contributed by atoms with van der Waals surface area (Å²) in [6.07, 6.45) is 4.39. The molecule has 8 heteroatoms. The van der Waals surface area contributed by atoms with Gasteiger partial charge < -0.3 is 15.1 Å². The fraction of sp³-hybridized carbons (Fsp3) is 0.250. The van der Waals surface area contributed by atoms with E-state index < -0.39 is 10.0 Å². The molecular formula is C20H25N4O2S2+. The second kappa shape index (κ2) is 9.29. The Labute approximate surface area is 171 Å². The van der Waals surface area contributed by atoms with Crippen LogP contribution in [0.3, 0.4) is 0 Å². The number of hydrogen-bond donors (Lipinski definition) is 3. The van der Waals surface area contributed by atoms with E-state index in [1.54, 1.807) is 12.1 Å². The number of nitrogens with zero attached hydrogens (tertiary/aromatic N) is 1. The molecule has 0 aromatic heterocycles. The largest absolute Gasteiger partial charge is 0.338 e. The van der Waals surface area contributed by atoms with Crippen LogP contribution in [0.4, 0.5) is 5.69 Å². The Morgan fingerprint density at radius 1 is 1.11 bits per heavy atom. The fourth-order valence-electron chi connectivity index (χ4n) is 3.09. The van der Waals surface area contributed by atoms with Crippen molar-refractivity contribution in [2.45, 2.75) is 4.90 Å². The molecule has 6 nitrogen and oxygen atoms in total. The number of anilines is 1. The van der Waals surface area contributed by atoms with Gasteiger partial charge in [-0.1, -0.05) is 36.4 Å². The molecule has 0 radical (unpaired) electrons. The standard InChI is InChI=1S/C20H24N4O2S2/c21-28(25,26)19-10-8-18(9-11-19)22-20(27)24-15-13-23(14-16-24)12-4-7-17-5-2-1-3-6-17/h1-11H,12-16H2,(H,22,27)(H2,21,25,26)/p+1/b7-4+. The zero-order valence-corrected chi connectivity index (χ0v) is 17.2. The average molecular weight is 418 g/mol. The number of sulfonamides is 1. The van der Waals surface area contributed by atoms with Crippen molar-refractivity contribution in [3.8, 4) is 0 Å². The summed E-state index contributed by atoms with van der Waals surface area (Å²) in [4.78, 5) is 3.77. The van der Waals surface area contributed by atoms with E-state index in [-0.39, 0.29) is 4.90 Å². The number of hydrogen-bond acceptors (Lipinski definition) is 3. The Hall–Kier alpha value is -2.26. The molecule has 28 heavy (non-hydrogen) atoms. The predicted octanol–water partition coefficient (Wildman–Crippen LogP) is 0.945. The van der Waals surface area contributed by atoms with Gasteiger partial charge in [-0.25, -0.2) is 13.6 Å². The van der Waals surface area contributed by atoms with Crippen molar-refractivity contribution in [2.24, 2.45) is 5.14 Å². The highest BCUT2D eigenvalue weighted by Gasteiger charge is 2.21. The number of primary sulfonamides is 1. The van der Waals surface area contributed by atoms with Crippen molar-refractivity contribution in [3.63, 3.8) is 0 Å². The van der Waals surface area contributed by atoms with Crippen LogP contribution in [0.25, 0.3) is 6.08 Å². The molecule has 148 valence electrons. The molecule has 0 unspecified atom stereocenters. The average Bonchev–Trinajstić information content (AvgIpc) is 2.69. The predicted molar refractivity (Wildman–Crippen MR) is 117 cm³/mol. The second-order valence-electron chi connectivity index (χ2n) is 6.75. The van der Waals surface area contributed by atoms with Gasteiger partial charge in [0, 0.05) is 5.69 Å². The summed E-state index contributed by atoms with van der Waals surface area (Å²) in [5, 5.41) is 8.94. The highest BCUT2D eigenvalue weighted by molar-refractivity contribution is 7.89. The number of thiocarbonyl (C=S) groups is 1. The van der Waals surface area contributed by atoms with Gasteiger partial charge in [0.15, 0.2) is 5.11 Å². The monoisotopic (exact) mass is 417 g/mol. The molecule has 0 bridgehead atoms. The molecule has 2 aromatic rings. The number of quaternary nitrogens is 1. The van der Waals surface area contributed by atoms with Crippen LogP contribution in [-0.4, -0.2) is 51.2 Å². The Morgan fingerprint density at radius 3 is 2.36 bits per heavy atom. The van der Waals surface area contributed by atoms with Gasteiger partial charge in [-0.15, -0.1) is 0 Å². The van der Waals surface area contributed by atoms with Crippen molar-refractivity contribution in [1.82, 2.24) is 4.90 Å². The lowest BCUT2D eigenvalue weighted by atomic mass is 10.2. The third-order valence-corrected chi connectivity index (χ3v) is 6.00. The van der Waals surface area contributed by atoms with E-state index in [1.165, 1.54) is 22.6 Å². The Kier molecular flexibility index (Phi) is 6.79. The Balaban J connectivity index is 1.45. The first kappa shape index (κ1) is 20.5. The molecule has 1 saturated heterocycles. The summed E-state index contributed by atoms with van der Waals surface area (Å²) in [7, 11) is -3.68. The molecule has 1 fully saturated rings. The Morgan fingerprint density at radius 2 is 1.75 bits per heavy atom. The van der Waals surface area contributed by atoms with Crippen molar-refractivity contribution >= 4 is 39.1 Å². The van der Waals surface area contributed by atoms with Gasteiger partial charge in [-0.2, -0.15) is 0 Å². The van der Waals surface area contributed by atoms with Crippen molar-refractivity contribution in [3.05, 3.63) is 66.2 Å². The smallest absolute Gasteiger partial charge is 0.238 e. The minimum atomic E-state index is -3.68. The number of rotatable bonds is 5. The van der Waals surface area contributed by atoms with Crippen molar-refractivity contribution < 1.29 is 13.3 Å². The molecular weight excluding hydrogens is 392 g/mol. The molecule has 3 rings (SSSR count). The maximum absolute atomic E-state index is 11.3.